The van der Waals surface area contributed by atoms with Gasteiger partial charge in [-0.15, -0.1) is 12.4 Å². The van der Waals surface area contributed by atoms with E-state index in [2.05, 4.69) is 60.4 Å². The first-order valence-corrected chi connectivity index (χ1v) is 9.27. The molecule has 0 aromatic heterocycles. The van der Waals surface area contributed by atoms with Crippen LogP contribution in [0.4, 0.5) is 0 Å². The summed E-state index contributed by atoms with van der Waals surface area (Å²) in [6.45, 7) is 7.18. The largest absolute Gasteiger partial charge is 0.497 e. The summed E-state index contributed by atoms with van der Waals surface area (Å²) >= 11 is 0. The van der Waals surface area contributed by atoms with Gasteiger partial charge in [0.2, 0.25) is 0 Å². The molecule has 2 aromatic carbocycles. The van der Waals surface area contributed by atoms with E-state index < -0.39 is 0 Å². The molecule has 0 bridgehead atoms. The highest BCUT2D eigenvalue weighted by molar-refractivity contribution is 5.85. The van der Waals surface area contributed by atoms with Crippen LogP contribution in [0.3, 0.4) is 0 Å². The lowest BCUT2D eigenvalue weighted by molar-refractivity contribution is 0.0371. The fourth-order valence-corrected chi connectivity index (χ4v) is 3.50. The molecule has 3 rings (SSSR count). The predicted molar refractivity (Wildman–Crippen MR) is 110 cm³/mol. The average molecular weight is 376 g/mol. The van der Waals surface area contributed by atoms with Gasteiger partial charge in [-0.2, -0.15) is 0 Å². The van der Waals surface area contributed by atoms with Crippen molar-refractivity contribution in [1.82, 2.24) is 4.90 Å². The van der Waals surface area contributed by atoms with E-state index in [4.69, 9.17) is 9.47 Å². The van der Waals surface area contributed by atoms with Crippen molar-refractivity contribution in [2.24, 2.45) is 0 Å². The molecule has 1 unspecified atom stereocenters. The molecule has 3 nitrogen and oxygen atoms in total. The van der Waals surface area contributed by atoms with E-state index in [1.807, 2.05) is 0 Å². The minimum Gasteiger partial charge on any atom is -0.497 e. The Labute approximate surface area is 163 Å². The molecule has 1 heterocycles. The van der Waals surface area contributed by atoms with Gasteiger partial charge in [-0.05, 0) is 49.6 Å². The highest BCUT2D eigenvalue weighted by Crippen LogP contribution is 2.30. The second-order valence-corrected chi connectivity index (χ2v) is 6.83. The first-order chi connectivity index (χ1) is 12.3. The van der Waals surface area contributed by atoms with Crippen LogP contribution in [0.1, 0.15) is 35.4 Å². The number of benzene rings is 2. The van der Waals surface area contributed by atoms with Gasteiger partial charge in [0.05, 0.1) is 20.3 Å². The molecule has 1 aliphatic rings. The first-order valence-electron chi connectivity index (χ1n) is 9.27. The van der Waals surface area contributed by atoms with Crippen molar-refractivity contribution in [3.05, 3.63) is 65.2 Å². The first kappa shape index (κ1) is 20.8. The molecular weight excluding hydrogens is 346 g/mol. The van der Waals surface area contributed by atoms with Crippen LogP contribution in [-0.2, 0) is 4.74 Å². The number of morpholine rings is 1. The fourth-order valence-electron chi connectivity index (χ4n) is 3.50. The molecule has 2 aromatic rings. The number of nitrogens with zero attached hydrogens (tertiary/aromatic N) is 1. The molecule has 0 N–H and O–H groups in total. The molecule has 0 amide bonds. The molecule has 0 aliphatic carbocycles. The highest BCUT2D eigenvalue weighted by Gasteiger charge is 2.16. The molecule has 4 heteroatoms. The van der Waals surface area contributed by atoms with Gasteiger partial charge >= 0.3 is 0 Å². The molecular formula is C22H30ClNO2. The van der Waals surface area contributed by atoms with Gasteiger partial charge in [-0.1, -0.05) is 42.0 Å². The zero-order valence-corrected chi connectivity index (χ0v) is 16.6. The van der Waals surface area contributed by atoms with Gasteiger partial charge in [0, 0.05) is 19.0 Å². The van der Waals surface area contributed by atoms with Gasteiger partial charge in [0.25, 0.3) is 0 Å². The lowest BCUT2D eigenvalue weighted by atomic mass is 9.87. The predicted octanol–water partition coefficient (Wildman–Crippen LogP) is 4.67. The quantitative estimate of drug-likeness (QED) is 0.701. The van der Waals surface area contributed by atoms with E-state index in [0.29, 0.717) is 5.92 Å². The van der Waals surface area contributed by atoms with E-state index >= 15 is 0 Å². The fraction of sp³-hybridized carbons (Fsp3) is 0.455. The van der Waals surface area contributed by atoms with Crippen LogP contribution in [0.5, 0.6) is 5.75 Å². The van der Waals surface area contributed by atoms with E-state index in [9.17, 15) is 0 Å². The number of halogens is 1. The Bertz CT molecular complexity index is 636. The van der Waals surface area contributed by atoms with Crippen LogP contribution < -0.4 is 4.74 Å². The Hall–Kier alpha value is -1.55. The average Bonchev–Trinajstić information content (AvgIpc) is 2.67. The van der Waals surface area contributed by atoms with Crippen LogP contribution in [0.25, 0.3) is 0 Å². The lowest BCUT2D eigenvalue weighted by Crippen LogP contribution is -2.36. The van der Waals surface area contributed by atoms with Crippen LogP contribution in [0.2, 0.25) is 0 Å². The van der Waals surface area contributed by atoms with Gasteiger partial charge in [-0.25, -0.2) is 0 Å². The van der Waals surface area contributed by atoms with Crippen LogP contribution >= 0.6 is 12.4 Å². The molecule has 0 spiro atoms. The number of ether oxygens (including phenoxy) is 2. The van der Waals surface area contributed by atoms with Crippen LogP contribution in [0.15, 0.2) is 48.5 Å². The summed E-state index contributed by atoms with van der Waals surface area (Å²) in [5, 5.41) is 0. The van der Waals surface area contributed by atoms with Crippen molar-refractivity contribution >= 4 is 12.4 Å². The summed E-state index contributed by atoms with van der Waals surface area (Å²) in [7, 11) is 1.72. The van der Waals surface area contributed by atoms with Crippen molar-refractivity contribution in [3.63, 3.8) is 0 Å². The Morgan fingerprint density at radius 3 is 2.12 bits per heavy atom. The standard InChI is InChI=1S/C22H29NO2.ClH/c1-18-5-7-19(8-6-18)22(20-9-11-21(24-2)12-10-20)4-3-13-23-14-16-25-17-15-23;/h5-12,22H,3-4,13-17H2,1-2H3;1H. The SMILES string of the molecule is COc1ccc(C(CCCN2CCOCC2)c2ccc(C)cc2)cc1.Cl. The third-order valence-corrected chi connectivity index (χ3v) is 5.07. The Morgan fingerprint density at radius 1 is 0.962 bits per heavy atom. The number of hydrogen-bond donors (Lipinski definition) is 0. The van der Waals surface area contributed by atoms with Gasteiger partial charge < -0.3 is 9.47 Å². The number of rotatable bonds is 7. The summed E-state index contributed by atoms with van der Waals surface area (Å²) in [5.41, 5.74) is 4.08. The van der Waals surface area contributed by atoms with Gasteiger partial charge in [0.1, 0.15) is 5.75 Å². The second-order valence-electron chi connectivity index (χ2n) is 6.83. The highest BCUT2D eigenvalue weighted by atomic mass is 35.5. The van der Waals surface area contributed by atoms with E-state index in [-0.39, 0.29) is 12.4 Å². The summed E-state index contributed by atoms with van der Waals surface area (Å²) in [5.74, 6) is 1.35. The third-order valence-electron chi connectivity index (χ3n) is 5.07. The molecule has 1 aliphatic heterocycles. The Morgan fingerprint density at radius 2 is 1.54 bits per heavy atom. The Kier molecular flexibility index (Phi) is 8.43. The zero-order chi connectivity index (χ0) is 17.5. The molecule has 1 fully saturated rings. The summed E-state index contributed by atoms with van der Waals surface area (Å²) in [6, 6.07) is 17.5. The summed E-state index contributed by atoms with van der Waals surface area (Å²) in [4.78, 5) is 2.52. The zero-order valence-electron chi connectivity index (χ0n) is 15.8. The third kappa shape index (κ3) is 5.73. The monoisotopic (exact) mass is 375 g/mol. The maximum absolute atomic E-state index is 5.45. The number of hydrogen-bond acceptors (Lipinski definition) is 3. The minimum absolute atomic E-state index is 0. The number of methoxy groups -OCH3 is 1. The molecule has 0 radical (unpaired) electrons. The van der Waals surface area contributed by atoms with Crippen molar-refractivity contribution in [1.29, 1.82) is 0 Å². The molecule has 142 valence electrons. The smallest absolute Gasteiger partial charge is 0.118 e. The Balaban J connectivity index is 0.00000243. The minimum atomic E-state index is 0. The van der Waals surface area contributed by atoms with Crippen LogP contribution in [0, 0.1) is 6.92 Å². The maximum atomic E-state index is 5.45. The summed E-state index contributed by atoms with van der Waals surface area (Å²) in [6.07, 6.45) is 2.36. The molecule has 1 atom stereocenters. The molecule has 26 heavy (non-hydrogen) atoms. The maximum Gasteiger partial charge on any atom is 0.118 e. The van der Waals surface area contributed by atoms with Gasteiger partial charge in [-0.3, -0.25) is 4.90 Å². The molecule has 1 saturated heterocycles. The summed E-state index contributed by atoms with van der Waals surface area (Å²) < 4.78 is 10.8. The normalized spacial score (nSPS) is 15.9. The topological polar surface area (TPSA) is 21.7 Å². The van der Waals surface area contributed by atoms with Crippen molar-refractivity contribution in [3.8, 4) is 5.75 Å². The van der Waals surface area contributed by atoms with Crippen molar-refractivity contribution < 1.29 is 9.47 Å². The lowest BCUT2D eigenvalue weighted by Gasteiger charge is -2.27. The van der Waals surface area contributed by atoms with E-state index in [1.54, 1.807) is 7.11 Å². The van der Waals surface area contributed by atoms with E-state index in [1.165, 1.54) is 23.1 Å². The van der Waals surface area contributed by atoms with Crippen LogP contribution in [-0.4, -0.2) is 44.9 Å². The number of aryl methyl sites for hydroxylation is 1. The van der Waals surface area contributed by atoms with Gasteiger partial charge in [0.15, 0.2) is 0 Å². The van der Waals surface area contributed by atoms with E-state index in [0.717, 1.165) is 45.0 Å². The second kappa shape index (κ2) is 10.6. The van der Waals surface area contributed by atoms with Crippen molar-refractivity contribution in [2.45, 2.75) is 25.7 Å². The van der Waals surface area contributed by atoms with Crippen molar-refractivity contribution in [2.75, 3.05) is 40.0 Å². The molecule has 0 saturated carbocycles.